The Morgan fingerprint density at radius 2 is 1.96 bits per heavy atom. The van der Waals surface area contributed by atoms with Crippen LogP contribution >= 0.6 is 22.7 Å². The summed E-state index contributed by atoms with van der Waals surface area (Å²) < 4.78 is 7.26. The van der Waals surface area contributed by atoms with Gasteiger partial charge in [-0.1, -0.05) is 0 Å². The zero-order valence-corrected chi connectivity index (χ0v) is 14.2. The molecule has 23 heavy (non-hydrogen) atoms. The van der Waals surface area contributed by atoms with Gasteiger partial charge in [-0.25, -0.2) is 9.97 Å². The zero-order valence-electron chi connectivity index (χ0n) is 12.6. The molecule has 0 bridgehead atoms. The third-order valence-electron chi connectivity index (χ3n) is 3.52. The molecule has 4 aromatic rings. The largest absolute Gasteiger partial charge is 0.497 e. The Labute approximate surface area is 141 Å². The van der Waals surface area contributed by atoms with Crippen LogP contribution in [0.25, 0.3) is 16.3 Å². The Balaban J connectivity index is 1.63. The molecule has 116 valence electrons. The fourth-order valence-electron chi connectivity index (χ4n) is 2.44. The minimum atomic E-state index is 0.838. The highest BCUT2D eigenvalue weighted by Gasteiger charge is 2.14. The van der Waals surface area contributed by atoms with E-state index in [9.17, 15) is 0 Å². The van der Waals surface area contributed by atoms with Crippen LogP contribution in [0.2, 0.25) is 0 Å². The summed E-state index contributed by atoms with van der Waals surface area (Å²) in [5.41, 5.74) is 3.98. The van der Waals surface area contributed by atoms with E-state index < -0.39 is 0 Å². The van der Waals surface area contributed by atoms with E-state index in [1.807, 2.05) is 42.8 Å². The molecule has 3 heterocycles. The Morgan fingerprint density at radius 3 is 2.74 bits per heavy atom. The van der Waals surface area contributed by atoms with Crippen molar-refractivity contribution in [2.75, 3.05) is 12.4 Å². The maximum Gasteiger partial charge on any atom is 0.194 e. The first-order chi connectivity index (χ1) is 11.2. The number of hydrogen-bond acceptors (Lipinski definition) is 6. The van der Waals surface area contributed by atoms with Crippen LogP contribution in [0.1, 0.15) is 5.69 Å². The van der Waals surface area contributed by atoms with Gasteiger partial charge in [0.25, 0.3) is 0 Å². The molecule has 0 aliphatic carbocycles. The molecular weight excluding hydrogens is 328 g/mol. The Hall–Kier alpha value is -2.38. The van der Waals surface area contributed by atoms with Gasteiger partial charge in [0.1, 0.15) is 11.4 Å². The third kappa shape index (κ3) is 2.58. The van der Waals surface area contributed by atoms with Crippen molar-refractivity contribution in [1.82, 2.24) is 14.4 Å². The van der Waals surface area contributed by atoms with E-state index in [1.165, 1.54) is 0 Å². The molecule has 0 spiro atoms. The summed E-state index contributed by atoms with van der Waals surface area (Å²) in [6.07, 6.45) is 2.03. The van der Waals surface area contributed by atoms with Gasteiger partial charge in [-0.15, -0.1) is 22.7 Å². The van der Waals surface area contributed by atoms with Crippen LogP contribution in [0, 0.1) is 6.92 Å². The van der Waals surface area contributed by atoms with Crippen molar-refractivity contribution in [3.63, 3.8) is 0 Å². The van der Waals surface area contributed by atoms with E-state index >= 15 is 0 Å². The Bertz CT molecular complexity index is 952. The van der Waals surface area contributed by atoms with Gasteiger partial charge >= 0.3 is 0 Å². The number of fused-ring (bicyclic) bond motifs is 1. The highest BCUT2D eigenvalue weighted by atomic mass is 32.1. The molecule has 5 nitrogen and oxygen atoms in total. The number of ether oxygens (including phenoxy) is 1. The molecule has 1 N–H and O–H groups in total. The SMILES string of the molecule is COc1ccc(Nc2nc(-c3c(C)nc4sccn34)cs2)cc1. The fraction of sp³-hybridized carbons (Fsp3) is 0.125. The van der Waals surface area contributed by atoms with Crippen LogP contribution in [0.4, 0.5) is 10.8 Å². The summed E-state index contributed by atoms with van der Waals surface area (Å²) in [5.74, 6) is 0.838. The molecule has 1 aromatic carbocycles. The van der Waals surface area contributed by atoms with Crippen molar-refractivity contribution < 1.29 is 4.74 Å². The summed E-state index contributed by atoms with van der Waals surface area (Å²) in [7, 11) is 1.66. The van der Waals surface area contributed by atoms with Crippen molar-refractivity contribution in [3.05, 3.63) is 46.9 Å². The zero-order chi connectivity index (χ0) is 15.8. The molecule has 0 radical (unpaired) electrons. The highest BCUT2D eigenvalue weighted by molar-refractivity contribution is 7.15. The molecule has 3 aromatic heterocycles. The molecular formula is C16H14N4OS2. The number of anilines is 2. The lowest BCUT2D eigenvalue weighted by Gasteiger charge is -2.04. The maximum absolute atomic E-state index is 5.17. The monoisotopic (exact) mass is 342 g/mol. The normalized spacial score (nSPS) is 11.0. The average Bonchev–Trinajstić information content (AvgIpc) is 3.24. The third-order valence-corrected chi connectivity index (χ3v) is 5.04. The van der Waals surface area contributed by atoms with Gasteiger partial charge in [0.2, 0.25) is 0 Å². The first-order valence-electron chi connectivity index (χ1n) is 7.04. The minimum absolute atomic E-state index is 0.838. The second kappa shape index (κ2) is 5.68. The lowest BCUT2D eigenvalue weighted by Crippen LogP contribution is -1.91. The topological polar surface area (TPSA) is 51.5 Å². The van der Waals surface area contributed by atoms with Gasteiger partial charge in [0.15, 0.2) is 10.1 Å². The van der Waals surface area contributed by atoms with E-state index in [4.69, 9.17) is 9.72 Å². The fourth-order valence-corrected chi connectivity index (χ4v) is 3.92. The first kappa shape index (κ1) is 14.2. The van der Waals surface area contributed by atoms with Gasteiger partial charge in [-0.05, 0) is 31.2 Å². The highest BCUT2D eigenvalue weighted by Crippen LogP contribution is 2.31. The van der Waals surface area contributed by atoms with Crippen LogP contribution in [0.5, 0.6) is 5.75 Å². The summed E-state index contributed by atoms with van der Waals surface area (Å²) in [4.78, 5) is 10.3. The number of nitrogens with one attached hydrogen (secondary N) is 1. The van der Waals surface area contributed by atoms with Gasteiger partial charge in [0, 0.05) is 22.6 Å². The van der Waals surface area contributed by atoms with Crippen LogP contribution in [-0.4, -0.2) is 21.5 Å². The smallest absolute Gasteiger partial charge is 0.194 e. The van der Waals surface area contributed by atoms with E-state index in [2.05, 4.69) is 20.1 Å². The molecule has 0 saturated carbocycles. The van der Waals surface area contributed by atoms with E-state index in [0.29, 0.717) is 0 Å². The number of thiazole rings is 2. The molecule has 0 aliphatic rings. The molecule has 0 aliphatic heterocycles. The average molecular weight is 342 g/mol. The predicted molar refractivity (Wildman–Crippen MR) is 95.2 cm³/mol. The lowest BCUT2D eigenvalue weighted by molar-refractivity contribution is 0.415. The molecule has 0 unspecified atom stereocenters. The number of aryl methyl sites for hydroxylation is 1. The van der Waals surface area contributed by atoms with Crippen molar-refractivity contribution >= 4 is 38.5 Å². The Kier molecular flexibility index (Phi) is 3.51. The standard InChI is InChI=1S/C16H14N4OS2/c1-10-14(20-7-8-22-16(20)17-10)13-9-23-15(19-13)18-11-3-5-12(21-2)6-4-11/h3-9H,1-2H3,(H,18,19). The first-order valence-corrected chi connectivity index (χ1v) is 8.79. The number of rotatable bonds is 4. The van der Waals surface area contributed by atoms with E-state index in [1.54, 1.807) is 29.8 Å². The van der Waals surface area contributed by atoms with Crippen molar-refractivity contribution in [2.24, 2.45) is 0 Å². The quantitative estimate of drug-likeness (QED) is 0.590. The summed E-state index contributed by atoms with van der Waals surface area (Å²) in [6.45, 7) is 2.02. The molecule has 0 atom stereocenters. The van der Waals surface area contributed by atoms with Crippen molar-refractivity contribution in [1.29, 1.82) is 0 Å². The van der Waals surface area contributed by atoms with Crippen LogP contribution in [-0.2, 0) is 0 Å². The van der Waals surface area contributed by atoms with E-state index in [-0.39, 0.29) is 0 Å². The van der Waals surface area contributed by atoms with Crippen LogP contribution in [0.15, 0.2) is 41.2 Å². The number of methoxy groups -OCH3 is 1. The molecule has 4 rings (SSSR count). The molecule has 7 heteroatoms. The lowest BCUT2D eigenvalue weighted by atomic mass is 10.3. The summed E-state index contributed by atoms with van der Waals surface area (Å²) in [5, 5.41) is 8.27. The van der Waals surface area contributed by atoms with Crippen LogP contribution in [0.3, 0.4) is 0 Å². The minimum Gasteiger partial charge on any atom is -0.497 e. The van der Waals surface area contributed by atoms with Crippen LogP contribution < -0.4 is 10.1 Å². The number of benzene rings is 1. The van der Waals surface area contributed by atoms with E-state index in [0.717, 1.165) is 38.6 Å². The van der Waals surface area contributed by atoms with Crippen molar-refractivity contribution in [2.45, 2.75) is 6.92 Å². The van der Waals surface area contributed by atoms with Gasteiger partial charge in [0.05, 0.1) is 18.5 Å². The summed E-state index contributed by atoms with van der Waals surface area (Å²) >= 11 is 3.21. The Morgan fingerprint density at radius 1 is 1.13 bits per heavy atom. The second-order valence-corrected chi connectivity index (χ2v) is 6.72. The van der Waals surface area contributed by atoms with Gasteiger partial charge < -0.3 is 10.1 Å². The van der Waals surface area contributed by atoms with Crippen molar-refractivity contribution in [3.8, 4) is 17.1 Å². The molecule has 0 amide bonds. The second-order valence-electron chi connectivity index (χ2n) is 4.99. The number of hydrogen-bond donors (Lipinski definition) is 1. The summed E-state index contributed by atoms with van der Waals surface area (Å²) in [6, 6.07) is 7.79. The number of nitrogens with zero attached hydrogens (tertiary/aromatic N) is 3. The number of imidazole rings is 1. The number of aromatic nitrogens is 3. The predicted octanol–water partition coefficient (Wildman–Crippen LogP) is 4.58. The van der Waals surface area contributed by atoms with Gasteiger partial charge in [-0.3, -0.25) is 4.40 Å². The van der Waals surface area contributed by atoms with Gasteiger partial charge in [-0.2, -0.15) is 0 Å². The molecule has 0 saturated heterocycles. The molecule has 0 fully saturated rings. The maximum atomic E-state index is 5.17.